The fraction of sp³-hybridized carbons (Fsp3) is 0.364. The zero-order chi connectivity index (χ0) is 21.7. The second-order valence-electron chi connectivity index (χ2n) is 7.26. The molecule has 0 fully saturated rings. The van der Waals surface area contributed by atoms with Gasteiger partial charge in [-0.25, -0.2) is 8.42 Å². The lowest BCUT2D eigenvalue weighted by atomic mass is 10.0. The lowest BCUT2D eigenvalue weighted by molar-refractivity contribution is -0.127. The van der Waals surface area contributed by atoms with Crippen LogP contribution in [0.3, 0.4) is 0 Å². The van der Waals surface area contributed by atoms with Crippen molar-refractivity contribution in [1.29, 1.82) is 0 Å². The van der Waals surface area contributed by atoms with Crippen molar-refractivity contribution in [1.82, 2.24) is 5.32 Å². The van der Waals surface area contributed by atoms with Crippen molar-refractivity contribution < 1.29 is 22.7 Å². The van der Waals surface area contributed by atoms with Crippen molar-refractivity contribution in [3.8, 4) is 5.75 Å². The Bertz CT molecular complexity index is 1020. The second-order valence-corrected chi connectivity index (χ2v) is 9.36. The largest absolute Gasteiger partial charge is 0.497 e. The number of sulfone groups is 1. The standard InChI is InChI=1S/C22H26N2O5S/c1-16(22(26)24-14-5-7-17-6-3-4-8-20(17)24)23-21(25)13-15-30(27,28)19-11-9-18(29-2)10-12-19/h3-4,6,8-12,16H,5,7,13-15H2,1-2H3,(H,23,25)/t16-/m1/s1. The number of hydrogen-bond donors (Lipinski definition) is 1. The number of carbonyl (C=O) groups excluding carboxylic acids is 2. The minimum absolute atomic E-state index is 0.130. The Morgan fingerprint density at radius 3 is 2.53 bits per heavy atom. The predicted octanol–water partition coefficient (Wildman–Crippen LogP) is 2.34. The van der Waals surface area contributed by atoms with Crippen molar-refractivity contribution in [3.05, 3.63) is 54.1 Å². The topological polar surface area (TPSA) is 92.8 Å². The van der Waals surface area contributed by atoms with Crippen LogP contribution in [0.1, 0.15) is 25.3 Å². The molecule has 30 heavy (non-hydrogen) atoms. The van der Waals surface area contributed by atoms with Crippen LogP contribution in [-0.2, 0) is 25.8 Å². The number of para-hydroxylation sites is 1. The number of anilines is 1. The summed E-state index contributed by atoms with van der Waals surface area (Å²) < 4.78 is 29.9. The van der Waals surface area contributed by atoms with Crippen LogP contribution in [0.4, 0.5) is 5.69 Å². The Balaban J connectivity index is 1.57. The Morgan fingerprint density at radius 1 is 1.13 bits per heavy atom. The average Bonchev–Trinajstić information content (AvgIpc) is 2.77. The van der Waals surface area contributed by atoms with E-state index in [1.54, 1.807) is 24.0 Å². The molecule has 0 aliphatic carbocycles. The second kappa shape index (κ2) is 9.30. The Hall–Kier alpha value is -2.87. The summed E-state index contributed by atoms with van der Waals surface area (Å²) >= 11 is 0. The third-order valence-electron chi connectivity index (χ3n) is 5.14. The molecule has 0 unspecified atom stereocenters. The molecule has 0 aromatic heterocycles. The number of fused-ring (bicyclic) bond motifs is 1. The molecule has 0 spiro atoms. The molecule has 3 rings (SSSR count). The number of rotatable bonds is 7. The van der Waals surface area contributed by atoms with Crippen molar-refractivity contribution in [2.24, 2.45) is 0 Å². The van der Waals surface area contributed by atoms with Gasteiger partial charge in [0.1, 0.15) is 11.8 Å². The first-order valence-electron chi connectivity index (χ1n) is 9.87. The van der Waals surface area contributed by atoms with Gasteiger partial charge in [-0.3, -0.25) is 9.59 Å². The molecule has 2 amide bonds. The van der Waals surface area contributed by atoms with Gasteiger partial charge in [0.15, 0.2) is 9.84 Å². The summed E-state index contributed by atoms with van der Waals surface area (Å²) in [5.74, 6) is -0.455. The van der Waals surface area contributed by atoms with E-state index in [0.29, 0.717) is 12.3 Å². The third kappa shape index (κ3) is 4.99. The van der Waals surface area contributed by atoms with Crippen LogP contribution in [0, 0.1) is 0 Å². The number of methoxy groups -OCH3 is 1. The molecule has 2 aromatic carbocycles. The van der Waals surface area contributed by atoms with Crippen LogP contribution in [0.5, 0.6) is 5.75 Å². The van der Waals surface area contributed by atoms with E-state index in [2.05, 4.69) is 5.32 Å². The highest BCUT2D eigenvalue weighted by Gasteiger charge is 2.27. The smallest absolute Gasteiger partial charge is 0.249 e. The van der Waals surface area contributed by atoms with Crippen molar-refractivity contribution >= 4 is 27.3 Å². The summed E-state index contributed by atoms with van der Waals surface area (Å²) in [7, 11) is -2.11. The number of aryl methyl sites for hydroxylation is 1. The van der Waals surface area contributed by atoms with Crippen LogP contribution in [-0.4, -0.2) is 45.7 Å². The first kappa shape index (κ1) is 21.8. The van der Waals surface area contributed by atoms with Crippen molar-refractivity contribution in [2.45, 2.75) is 37.1 Å². The average molecular weight is 431 g/mol. The zero-order valence-electron chi connectivity index (χ0n) is 17.1. The van der Waals surface area contributed by atoms with E-state index >= 15 is 0 Å². The first-order valence-corrected chi connectivity index (χ1v) is 11.5. The van der Waals surface area contributed by atoms with E-state index in [-0.39, 0.29) is 23.0 Å². The summed E-state index contributed by atoms with van der Waals surface area (Å²) in [4.78, 5) is 27.0. The van der Waals surface area contributed by atoms with Crippen LogP contribution < -0.4 is 15.0 Å². The highest BCUT2D eigenvalue weighted by atomic mass is 32.2. The van der Waals surface area contributed by atoms with E-state index in [9.17, 15) is 18.0 Å². The lowest BCUT2D eigenvalue weighted by Gasteiger charge is -2.31. The van der Waals surface area contributed by atoms with Gasteiger partial charge >= 0.3 is 0 Å². The van der Waals surface area contributed by atoms with E-state index in [1.807, 2.05) is 24.3 Å². The third-order valence-corrected chi connectivity index (χ3v) is 6.87. The molecule has 2 aromatic rings. The fourth-order valence-corrected chi connectivity index (χ4v) is 4.74. The summed E-state index contributed by atoms with van der Waals surface area (Å²) in [6.45, 7) is 2.22. The van der Waals surface area contributed by atoms with E-state index in [0.717, 1.165) is 24.1 Å². The Morgan fingerprint density at radius 2 is 1.83 bits per heavy atom. The number of hydrogen-bond acceptors (Lipinski definition) is 5. The molecule has 1 N–H and O–H groups in total. The SMILES string of the molecule is COc1ccc(S(=O)(=O)CCC(=O)N[C@H](C)C(=O)N2CCCc3ccccc32)cc1. The molecule has 1 heterocycles. The molecule has 8 heteroatoms. The highest BCUT2D eigenvalue weighted by molar-refractivity contribution is 7.91. The molecule has 1 aliphatic rings. The normalized spacial score (nSPS) is 14.5. The van der Waals surface area contributed by atoms with Gasteiger partial charge < -0.3 is 15.0 Å². The molecule has 0 saturated heterocycles. The first-order chi connectivity index (χ1) is 14.3. The molecule has 7 nitrogen and oxygen atoms in total. The van der Waals surface area contributed by atoms with Gasteiger partial charge in [-0.2, -0.15) is 0 Å². The van der Waals surface area contributed by atoms with Crippen LogP contribution >= 0.6 is 0 Å². The summed E-state index contributed by atoms with van der Waals surface area (Å²) in [5, 5.41) is 2.64. The molecule has 0 saturated carbocycles. The van der Waals surface area contributed by atoms with Gasteiger partial charge in [-0.05, 0) is 55.7 Å². The van der Waals surface area contributed by atoms with Crippen LogP contribution in [0.25, 0.3) is 0 Å². The monoisotopic (exact) mass is 430 g/mol. The molecular formula is C22H26N2O5S. The minimum Gasteiger partial charge on any atom is -0.497 e. The van der Waals surface area contributed by atoms with Gasteiger partial charge in [-0.15, -0.1) is 0 Å². The summed E-state index contributed by atoms with van der Waals surface area (Å²) in [6, 6.07) is 13.0. The van der Waals surface area contributed by atoms with Crippen LogP contribution in [0.15, 0.2) is 53.4 Å². The van der Waals surface area contributed by atoms with Gasteiger partial charge in [0, 0.05) is 18.7 Å². The minimum atomic E-state index is -3.61. The summed E-state index contributed by atoms with van der Waals surface area (Å²) in [6.07, 6.45) is 1.57. The van der Waals surface area contributed by atoms with Gasteiger partial charge in [0.25, 0.3) is 0 Å². The Labute approximate surface area is 177 Å². The quantitative estimate of drug-likeness (QED) is 0.728. The number of amides is 2. The van der Waals surface area contributed by atoms with E-state index in [4.69, 9.17) is 4.74 Å². The van der Waals surface area contributed by atoms with Gasteiger partial charge in [0.05, 0.1) is 17.8 Å². The predicted molar refractivity (Wildman–Crippen MR) is 114 cm³/mol. The van der Waals surface area contributed by atoms with Crippen molar-refractivity contribution in [2.75, 3.05) is 24.3 Å². The molecule has 160 valence electrons. The summed E-state index contributed by atoms with van der Waals surface area (Å²) in [5.41, 5.74) is 1.98. The maximum atomic E-state index is 12.9. The van der Waals surface area contributed by atoms with E-state index < -0.39 is 21.8 Å². The van der Waals surface area contributed by atoms with E-state index in [1.165, 1.54) is 19.2 Å². The number of nitrogens with zero attached hydrogens (tertiary/aromatic N) is 1. The highest BCUT2D eigenvalue weighted by Crippen LogP contribution is 2.27. The number of ether oxygens (including phenoxy) is 1. The Kier molecular flexibility index (Phi) is 6.77. The lowest BCUT2D eigenvalue weighted by Crippen LogP contribution is -2.48. The number of carbonyl (C=O) groups is 2. The van der Waals surface area contributed by atoms with Gasteiger partial charge in [-0.1, -0.05) is 18.2 Å². The molecule has 0 radical (unpaired) electrons. The fourth-order valence-electron chi connectivity index (χ4n) is 3.50. The maximum absolute atomic E-state index is 12.9. The van der Waals surface area contributed by atoms with Gasteiger partial charge in [0.2, 0.25) is 11.8 Å². The molecule has 0 bridgehead atoms. The molecular weight excluding hydrogens is 404 g/mol. The van der Waals surface area contributed by atoms with Crippen molar-refractivity contribution in [3.63, 3.8) is 0 Å². The van der Waals surface area contributed by atoms with Crippen LogP contribution in [0.2, 0.25) is 0 Å². The molecule has 1 atom stereocenters. The zero-order valence-corrected chi connectivity index (χ0v) is 17.9. The number of nitrogens with one attached hydrogen (secondary N) is 1. The maximum Gasteiger partial charge on any atom is 0.249 e. The number of benzene rings is 2. The molecule has 1 aliphatic heterocycles.